The maximum atomic E-state index is 12.4. The summed E-state index contributed by atoms with van der Waals surface area (Å²) < 4.78 is 1.59. The van der Waals surface area contributed by atoms with Crippen molar-refractivity contribution in [3.05, 3.63) is 53.9 Å². The standard InChI is InChI=1S/C19H20N6O3/c1-24-8-12-4-2-5-14(17(12)19(24)28)21-16-7-3-6-15(22-16)18-23-20-11-25(18)13(9-26)10-27/h2-7,11,13,26-27H,8-10H2,1H3,(H,21,22). The first-order valence-electron chi connectivity index (χ1n) is 8.85. The van der Waals surface area contributed by atoms with Crippen molar-refractivity contribution in [2.24, 2.45) is 0 Å². The third-order valence-corrected chi connectivity index (χ3v) is 4.75. The van der Waals surface area contributed by atoms with E-state index in [4.69, 9.17) is 0 Å². The molecule has 0 atom stereocenters. The molecule has 0 spiro atoms. The zero-order valence-corrected chi connectivity index (χ0v) is 15.3. The van der Waals surface area contributed by atoms with Crippen LogP contribution in [0.15, 0.2) is 42.7 Å². The van der Waals surface area contributed by atoms with E-state index in [1.807, 2.05) is 24.3 Å². The van der Waals surface area contributed by atoms with Crippen molar-refractivity contribution in [3.63, 3.8) is 0 Å². The van der Waals surface area contributed by atoms with Gasteiger partial charge in [-0.1, -0.05) is 18.2 Å². The van der Waals surface area contributed by atoms with Crippen LogP contribution in [0.2, 0.25) is 0 Å². The average Bonchev–Trinajstić information content (AvgIpc) is 3.29. The van der Waals surface area contributed by atoms with Gasteiger partial charge in [0.05, 0.1) is 30.5 Å². The number of carbonyl (C=O) groups is 1. The molecule has 0 saturated carbocycles. The predicted molar refractivity (Wildman–Crippen MR) is 102 cm³/mol. The molecule has 3 aromatic rings. The average molecular weight is 380 g/mol. The minimum Gasteiger partial charge on any atom is -0.394 e. The molecule has 9 nitrogen and oxygen atoms in total. The molecule has 3 heterocycles. The fourth-order valence-corrected chi connectivity index (χ4v) is 3.30. The molecule has 2 aromatic heterocycles. The number of aliphatic hydroxyl groups is 2. The van der Waals surface area contributed by atoms with Crippen LogP contribution in [0.4, 0.5) is 11.5 Å². The Hall–Kier alpha value is -3.30. The lowest BCUT2D eigenvalue weighted by Crippen LogP contribution is -2.18. The summed E-state index contributed by atoms with van der Waals surface area (Å²) in [5.74, 6) is 0.959. The van der Waals surface area contributed by atoms with E-state index in [1.165, 1.54) is 6.33 Å². The zero-order valence-electron chi connectivity index (χ0n) is 15.3. The van der Waals surface area contributed by atoms with Gasteiger partial charge in [0, 0.05) is 13.6 Å². The number of nitrogens with zero attached hydrogens (tertiary/aromatic N) is 5. The van der Waals surface area contributed by atoms with Crippen molar-refractivity contribution < 1.29 is 15.0 Å². The third kappa shape index (κ3) is 3.10. The topological polar surface area (TPSA) is 116 Å². The van der Waals surface area contributed by atoms with Crippen LogP contribution in [0.1, 0.15) is 22.0 Å². The molecule has 0 bridgehead atoms. The van der Waals surface area contributed by atoms with Crippen LogP contribution in [-0.4, -0.2) is 61.0 Å². The van der Waals surface area contributed by atoms with Crippen LogP contribution >= 0.6 is 0 Å². The molecule has 144 valence electrons. The smallest absolute Gasteiger partial charge is 0.256 e. The van der Waals surface area contributed by atoms with Crippen LogP contribution in [0.3, 0.4) is 0 Å². The maximum Gasteiger partial charge on any atom is 0.256 e. The molecule has 1 aromatic carbocycles. The van der Waals surface area contributed by atoms with Crippen molar-refractivity contribution >= 4 is 17.4 Å². The lowest BCUT2D eigenvalue weighted by Gasteiger charge is -2.15. The summed E-state index contributed by atoms with van der Waals surface area (Å²) in [5, 5.41) is 30.1. The van der Waals surface area contributed by atoms with Gasteiger partial charge in [0.2, 0.25) is 0 Å². The Morgan fingerprint density at radius 3 is 2.75 bits per heavy atom. The van der Waals surface area contributed by atoms with E-state index in [0.717, 1.165) is 5.56 Å². The van der Waals surface area contributed by atoms with Gasteiger partial charge in [-0.05, 0) is 23.8 Å². The molecule has 0 saturated heterocycles. The SMILES string of the molecule is CN1Cc2cccc(Nc3cccc(-c4nncn4C(CO)CO)n3)c2C1=O. The van der Waals surface area contributed by atoms with Gasteiger partial charge in [0.1, 0.15) is 17.8 Å². The number of nitrogens with one attached hydrogen (secondary N) is 1. The molecule has 28 heavy (non-hydrogen) atoms. The number of rotatable bonds is 6. The Balaban J connectivity index is 1.67. The zero-order chi connectivity index (χ0) is 19.7. The number of fused-ring (bicyclic) bond motifs is 1. The number of hydrogen-bond donors (Lipinski definition) is 3. The highest BCUT2D eigenvalue weighted by Crippen LogP contribution is 2.30. The normalized spacial score (nSPS) is 13.3. The second-order valence-electron chi connectivity index (χ2n) is 6.61. The van der Waals surface area contributed by atoms with E-state index in [1.54, 1.807) is 28.6 Å². The van der Waals surface area contributed by atoms with Crippen LogP contribution in [-0.2, 0) is 6.54 Å². The first-order valence-corrected chi connectivity index (χ1v) is 8.85. The van der Waals surface area contributed by atoms with Gasteiger partial charge >= 0.3 is 0 Å². The van der Waals surface area contributed by atoms with E-state index in [0.29, 0.717) is 35.1 Å². The second-order valence-corrected chi connectivity index (χ2v) is 6.61. The van der Waals surface area contributed by atoms with Gasteiger partial charge in [-0.15, -0.1) is 10.2 Å². The second kappa shape index (κ2) is 7.37. The predicted octanol–water partition coefficient (Wildman–Crippen LogP) is 1.19. The Labute approximate surface area is 161 Å². The number of benzene rings is 1. The molecule has 9 heteroatoms. The Morgan fingerprint density at radius 1 is 1.18 bits per heavy atom. The molecule has 1 amide bonds. The van der Waals surface area contributed by atoms with Crippen LogP contribution in [0, 0.1) is 0 Å². The molecule has 1 aliphatic rings. The highest BCUT2D eigenvalue weighted by molar-refractivity contribution is 6.03. The van der Waals surface area contributed by atoms with E-state index in [9.17, 15) is 15.0 Å². The number of anilines is 2. The summed E-state index contributed by atoms with van der Waals surface area (Å²) in [7, 11) is 1.77. The van der Waals surface area contributed by atoms with Gasteiger partial charge in [-0.2, -0.15) is 0 Å². The summed E-state index contributed by atoms with van der Waals surface area (Å²) >= 11 is 0. The number of amides is 1. The van der Waals surface area contributed by atoms with E-state index in [2.05, 4.69) is 20.5 Å². The molecule has 0 unspecified atom stereocenters. The Bertz CT molecular complexity index is 1010. The van der Waals surface area contributed by atoms with E-state index >= 15 is 0 Å². The Kier molecular flexibility index (Phi) is 4.76. The summed E-state index contributed by atoms with van der Waals surface area (Å²) in [5.41, 5.74) is 2.86. The molecular formula is C19H20N6O3. The Morgan fingerprint density at radius 2 is 1.96 bits per heavy atom. The largest absolute Gasteiger partial charge is 0.394 e. The molecule has 0 radical (unpaired) electrons. The van der Waals surface area contributed by atoms with E-state index < -0.39 is 6.04 Å². The monoisotopic (exact) mass is 380 g/mol. The molecule has 0 fully saturated rings. The number of aliphatic hydroxyl groups excluding tert-OH is 2. The van der Waals surface area contributed by atoms with Crippen LogP contribution in [0.25, 0.3) is 11.5 Å². The number of aromatic nitrogens is 4. The molecule has 3 N–H and O–H groups in total. The number of carbonyl (C=O) groups excluding carboxylic acids is 1. The van der Waals surface area contributed by atoms with Crippen LogP contribution < -0.4 is 5.32 Å². The van der Waals surface area contributed by atoms with Gasteiger partial charge in [-0.3, -0.25) is 4.79 Å². The fraction of sp³-hybridized carbons (Fsp3) is 0.263. The third-order valence-electron chi connectivity index (χ3n) is 4.75. The van der Waals surface area contributed by atoms with Gasteiger partial charge in [-0.25, -0.2) is 4.98 Å². The fourth-order valence-electron chi connectivity index (χ4n) is 3.30. The lowest BCUT2D eigenvalue weighted by molar-refractivity contribution is 0.0817. The number of pyridine rings is 1. The first-order chi connectivity index (χ1) is 13.6. The number of hydrogen-bond acceptors (Lipinski definition) is 7. The minimum absolute atomic E-state index is 0.0252. The quantitative estimate of drug-likeness (QED) is 0.588. The van der Waals surface area contributed by atoms with Crippen molar-refractivity contribution in [3.8, 4) is 11.5 Å². The first kappa shape index (κ1) is 18.1. The highest BCUT2D eigenvalue weighted by Gasteiger charge is 2.27. The van der Waals surface area contributed by atoms with Crippen molar-refractivity contribution in [2.75, 3.05) is 25.6 Å². The maximum absolute atomic E-state index is 12.4. The highest BCUT2D eigenvalue weighted by atomic mass is 16.3. The van der Waals surface area contributed by atoms with Crippen molar-refractivity contribution in [1.29, 1.82) is 0 Å². The van der Waals surface area contributed by atoms with Crippen LogP contribution in [0.5, 0.6) is 0 Å². The van der Waals surface area contributed by atoms with Gasteiger partial charge in [0.25, 0.3) is 5.91 Å². The van der Waals surface area contributed by atoms with Crippen molar-refractivity contribution in [1.82, 2.24) is 24.6 Å². The summed E-state index contributed by atoms with van der Waals surface area (Å²) in [4.78, 5) is 18.7. The van der Waals surface area contributed by atoms with E-state index in [-0.39, 0.29) is 19.1 Å². The molecule has 4 rings (SSSR count). The molecule has 1 aliphatic heterocycles. The lowest BCUT2D eigenvalue weighted by atomic mass is 10.1. The van der Waals surface area contributed by atoms with Gasteiger partial charge < -0.3 is 25.0 Å². The van der Waals surface area contributed by atoms with Gasteiger partial charge in [0.15, 0.2) is 5.82 Å². The molecule has 0 aliphatic carbocycles. The summed E-state index contributed by atoms with van der Waals surface area (Å²) in [6.45, 7) is 0.0977. The van der Waals surface area contributed by atoms with Crippen molar-refractivity contribution in [2.45, 2.75) is 12.6 Å². The minimum atomic E-state index is -0.547. The summed E-state index contributed by atoms with van der Waals surface area (Å²) in [6.07, 6.45) is 1.45. The molecular weight excluding hydrogens is 360 g/mol. The summed E-state index contributed by atoms with van der Waals surface area (Å²) in [6, 6.07) is 10.5.